The second-order valence-corrected chi connectivity index (χ2v) is 7.42. The summed E-state index contributed by atoms with van der Waals surface area (Å²) >= 11 is 4.90. The van der Waals surface area contributed by atoms with Gasteiger partial charge in [-0.15, -0.1) is 32.9 Å². The molecule has 1 aromatic carbocycles. The molecule has 0 N–H and O–H groups in total. The van der Waals surface area contributed by atoms with E-state index in [9.17, 15) is 0 Å². The fourth-order valence-corrected chi connectivity index (χ4v) is 4.40. The molecule has 0 fully saturated rings. The van der Waals surface area contributed by atoms with E-state index in [2.05, 4.69) is 21.2 Å². The van der Waals surface area contributed by atoms with Gasteiger partial charge in [0.05, 0.1) is 20.8 Å². The monoisotopic (exact) mass is 331 g/mol. The van der Waals surface area contributed by atoms with E-state index in [0.717, 1.165) is 14.7 Å². The lowest BCUT2D eigenvalue weighted by atomic mass is 10.3. The maximum absolute atomic E-state index is 5.67. The van der Waals surface area contributed by atoms with Crippen molar-refractivity contribution >= 4 is 44.7 Å². The lowest BCUT2D eigenvalue weighted by Gasteiger charge is -1.91. The average Bonchev–Trinajstić information content (AvgIpc) is 3.23. The minimum absolute atomic E-state index is 0.588. The first-order valence-electron chi connectivity index (χ1n) is 6.23. The Bertz CT molecular complexity index is 834. The van der Waals surface area contributed by atoms with E-state index >= 15 is 0 Å². The molecular weight excluding hydrogens is 322 g/mol. The number of thiazole rings is 1. The first kappa shape index (κ1) is 13.0. The molecule has 0 radical (unpaired) electrons. The van der Waals surface area contributed by atoms with Crippen molar-refractivity contribution in [3.05, 3.63) is 47.7 Å². The summed E-state index contributed by atoms with van der Waals surface area (Å²) in [6, 6.07) is 12.1. The number of nitrogens with zero attached hydrogens (tertiary/aromatic N) is 3. The molecule has 0 amide bonds. The van der Waals surface area contributed by atoms with E-state index in [0.29, 0.717) is 17.5 Å². The van der Waals surface area contributed by atoms with Crippen LogP contribution in [0.4, 0.5) is 0 Å². The van der Waals surface area contributed by atoms with Gasteiger partial charge in [0.2, 0.25) is 5.89 Å². The van der Waals surface area contributed by atoms with Crippen LogP contribution >= 0.6 is 34.4 Å². The van der Waals surface area contributed by atoms with Crippen molar-refractivity contribution < 1.29 is 4.42 Å². The van der Waals surface area contributed by atoms with Crippen molar-refractivity contribution in [1.29, 1.82) is 0 Å². The maximum atomic E-state index is 5.67. The van der Waals surface area contributed by atoms with E-state index in [1.165, 1.54) is 4.70 Å². The van der Waals surface area contributed by atoms with E-state index in [1.807, 2.05) is 35.7 Å². The quantitative estimate of drug-likeness (QED) is 0.507. The first-order valence-corrected chi connectivity index (χ1v) is 8.91. The molecule has 0 saturated heterocycles. The third kappa shape index (κ3) is 2.72. The Hall–Kier alpha value is -1.70. The molecule has 0 saturated carbocycles. The number of rotatable bonds is 4. The lowest BCUT2D eigenvalue weighted by Crippen LogP contribution is -1.79. The second kappa shape index (κ2) is 5.59. The molecule has 0 atom stereocenters. The Morgan fingerprint density at radius 2 is 2.05 bits per heavy atom. The van der Waals surface area contributed by atoms with Crippen molar-refractivity contribution in [3.63, 3.8) is 0 Å². The highest BCUT2D eigenvalue weighted by Crippen LogP contribution is 2.32. The van der Waals surface area contributed by atoms with Gasteiger partial charge in [-0.25, -0.2) is 4.98 Å². The fourth-order valence-electron chi connectivity index (χ4n) is 1.85. The molecule has 0 unspecified atom stereocenters. The Labute approximate surface area is 132 Å². The van der Waals surface area contributed by atoms with E-state index in [-0.39, 0.29) is 0 Å². The van der Waals surface area contributed by atoms with Gasteiger partial charge in [0.25, 0.3) is 5.89 Å². The zero-order chi connectivity index (χ0) is 14.1. The smallest absolute Gasteiger partial charge is 0.257 e. The van der Waals surface area contributed by atoms with Crippen LogP contribution < -0.4 is 0 Å². The number of thioether (sulfide) groups is 1. The van der Waals surface area contributed by atoms with Gasteiger partial charge in [0, 0.05) is 0 Å². The summed E-state index contributed by atoms with van der Waals surface area (Å²) < 4.78 is 7.89. The summed E-state index contributed by atoms with van der Waals surface area (Å²) in [6.07, 6.45) is 0. The van der Waals surface area contributed by atoms with Gasteiger partial charge in [0.1, 0.15) is 0 Å². The molecular formula is C14H9N3OS3. The van der Waals surface area contributed by atoms with E-state index < -0.39 is 0 Å². The highest BCUT2D eigenvalue weighted by atomic mass is 32.2. The molecule has 4 aromatic rings. The topological polar surface area (TPSA) is 51.8 Å². The molecule has 0 aliphatic carbocycles. The maximum Gasteiger partial charge on any atom is 0.257 e. The summed E-state index contributed by atoms with van der Waals surface area (Å²) in [5.74, 6) is 1.85. The van der Waals surface area contributed by atoms with Crippen LogP contribution in [0.2, 0.25) is 0 Å². The largest absolute Gasteiger partial charge is 0.419 e. The van der Waals surface area contributed by atoms with Crippen LogP contribution in [0.15, 0.2) is 50.5 Å². The molecule has 0 spiro atoms. The average molecular weight is 331 g/mol. The van der Waals surface area contributed by atoms with Gasteiger partial charge in [-0.2, -0.15) is 0 Å². The zero-order valence-corrected chi connectivity index (χ0v) is 13.2. The molecule has 4 nitrogen and oxygen atoms in total. The summed E-state index contributed by atoms with van der Waals surface area (Å²) in [5.41, 5.74) is 1.04. The van der Waals surface area contributed by atoms with Gasteiger partial charge < -0.3 is 4.42 Å². The molecule has 4 rings (SSSR count). The van der Waals surface area contributed by atoms with Gasteiger partial charge in [0.15, 0.2) is 4.34 Å². The van der Waals surface area contributed by atoms with Gasteiger partial charge in [-0.05, 0) is 23.6 Å². The highest BCUT2D eigenvalue weighted by Gasteiger charge is 2.11. The summed E-state index contributed by atoms with van der Waals surface area (Å²) in [4.78, 5) is 5.58. The number of hydrogen-bond donors (Lipinski definition) is 0. The van der Waals surface area contributed by atoms with Crippen molar-refractivity contribution in [3.8, 4) is 10.8 Å². The third-order valence-corrected chi connectivity index (χ3v) is 5.81. The normalized spacial score (nSPS) is 11.2. The summed E-state index contributed by atoms with van der Waals surface area (Å²) in [7, 11) is 0. The second-order valence-electron chi connectivity index (χ2n) is 4.21. The van der Waals surface area contributed by atoms with Crippen LogP contribution in [0.3, 0.4) is 0 Å². The number of thiophene rings is 1. The SMILES string of the molecule is c1csc(-c2nnc(CSc3nc4ccccc4s3)o2)c1. The Morgan fingerprint density at radius 3 is 2.90 bits per heavy atom. The summed E-state index contributed by atoms with van der Waals surface area (Å²) in [5, 5.41) is 10.2. The Kier molecular flexibility index (Phi) is 3.46. The Morgan fingerprint density at radius 1 is 1.10 bits per heavy atom. The van der Waals surface area contributed by atoms with Crippen LogP contribution in [0.5, 0.6) is 0 Å². The molecule has 3 heterocycles. The molecule has 7 heteroatoms. The number of fused-ring (bicyclic) bond motifs is 1. The minimum atomic E-state index is 0.588. The van der Waals surface area contributed by atoms with Crippen LogP contribution in [0, 0.1) is 0 Å². The predicted octanol–water partition coefficient (Wildman–Crippen LogP) is 4.70. The van der Waals surface area contributed by atoms with Crippen molar-refractivity contribution in [2.75, 3.05) is 0 Å². The zero-order valence-electron chi connectivity index (χ0n) is 10.7. The molecule has 0 bridgehead atoms. The van der Waals surface area contributed by atoms with Crippen LogP contribution in [0.1, 0.15) is 5.89 Å². The van der Waals surface area contributed by atoms with Crippen molar-refractivity contribution in [2.45, 2.75) is 10.1 Å². The van der Waals surface area contributed by atoms with E-state index in [1.54, 1.807) is 34.4 Å². The van der Waals surface area contributed by atoms with Gasteiger partial charge in [-0.3, -0.25) is 0 Å². The molecule has 0 aliphatic rings. The first-order chi connectivity index (χ1) is 10.4. The van der Waals surface area contributed by atoms with Crippen LogP contribution in [0.25, 0.3) is 21.0 Å². The Balaban J connectivity index is 1.49. The number of para-hydroxylation sites is 1. The number of aromatic nitrogens is 3. The predicted molar refractivity (Wildman–Crippen MR) is 86.8 cm³/mol. The van der Waals surface area contributed by atoms with Crippen LogP contribution in [-0.2, 0) is 5.75 Å². The molecule has 0 aliphatic heterocycles. The van der Waals surface area contributed by atoms with Crippen LogP contribution in [-0.4, -0.2) is 15.2 Å². The fraction of sp³-hybridized carbons (Fsp3) is 0.0714. The number of hydrogen-bond acceptors (Lipinski definition) is 7. The minimum Gasteiger partial charge on any atom is -0.419 e. The molecule has 104 valence electrons. The van der Waals surface area contributed by atoms with Gasteiger partial charge >= 0.3 is 0 Å². The molecule has 21 heavy (non-hydrogen) atoms. The lowest BCUT2D eigenvalue weighted by molar-refractivity contribution is 0.529. The van der Waals surface area contributed by atoms with Crippen molar-refractivity contribution in [2.24, 2.45) is 0 Å². The highest BCUT2D eigenvalue weighted by molar-refractivity contribution is 8.00. The third-order valence-electron chi connectivity index (χ3n) is 2.79. The van der Waals surface area contributed by atoms with Crippen molar-refractivity contribution in [1.82, 2.24) is 15.2 Å². The number of benzene rings is 1. The summed E-state index contributed by atoms with van der Waals surface area (Å²) in [6.45, 7) is 0. The standard InChI is InChI=1S/C14H9N3OS3/c1-2-5-10-9(4-1)15-14(21-10)20-8-12-16-17-13(18-12)11-6-3-7-19-11/h1-7H,8H2. The molecule has 3 aromatic heterocycles. The van der Waals surface area contributed by atoms with Gasteiger partial charge in [-0.1, -0.05) is 30.0 Å². The van der Waals surface area contributed by atoms with E-state index in [4.69, 9.17) is 4.42 Å².